The third-order valence-corrected chi connectivity index (χ3v) is 3.01. The molecule has 0 saturated carbocycles. The molecule has 0 heterocycles. The summed E-state index contributed by atoms with van der Waals surface area (Å²) in [5, 5.41) is 0.787. The van der Waals surface area contributed by atoms with Crippen molar-refractivity contribution >= 4 is 27.5 Å². The van der Waals surface area contributed by atoms with Crippen molar-refractivity contribution in [3.05, 3.63) is 57.5 Å². The molecular formula is C13H10BrCl. The molecule has 0 aliphatic rings. The SMILES string of the molecule is Cc1cc(Br)cc(-c2ccccc2Cl)c1. The van der Waals surface area contributed by atoms with E-state index in [1.165, 1.54) is 5.56 Å². The second kappa shape index (κ2) is 4.38. The van der Waals surface area contributed by atoms with Crippen LogP contribution >= 0.6 is 27.5 Å². The fraction of sp³-hybridized carbons (Fsp3) is 0.0769. The van der Waals surface area contributed by atoms with E-state index in [4.69, 9.17) is 11.6 Å². The van der Waals surface area contributed by atoms with Crippen molar-refractivity contribution in [2.24, 2.45) is 0 Å². The lowest BCUT2D eigenvalue weighted by Crippen LogP contribution is -1.81. The summed E-state index contributed by atoms with van der Waals surface area (Å²) in [6, 6.07) is 14.2. The third kappa shape index (κ3) is 2.42. The van der Waals surface area contributed by atoms with Crippen LogP contribution in [-0.2, 0) is 0 Å². The minimum Gasteiger partial charge on any atom is -0.0837 e. The largest absolute Gasteiger partial charge is 0.0837 e. The van der Waals surface area contributed by atoms with Crippen molar-refractivity contribution in [1.82, 2.24) is 0 Å². The van der Waals surface area contributed by atoms with E-state index in [-0.39, 0.29) is 0 Å². The highest BCUT2D eigenvalue weighted by Crippen LogP contribution is 2.30. The zero-order valence-electron chi connectivity index (χ0n) is 8.30. The maximum atomic E-state index is 6.15. The van der Waals surface area contributed by atoms with Crippen molar-refractivity contribution in [1.29, 1.82) is 0 Å². The first-order valence-corrected chi connectivity index (χ1v) is 5.86. The standard InChI is InChI=1S/C13H10BrCl/c1-9-6-10(8-11(14)7-9)12-4-2-3-5-13(12)15/h2-8H,1H3. The van der Waals surface area contributed by atoms with E-state index in [9.17, 15) is 0 Å². The van der Waals surface area contributed by atoms with Gasteiger partial charge in [0.25, 0.3) is 0 Å². The summed E-state index contributed by atoms with van der Waals surface area (Å²) < 4.78 is 1.08. The minimum atomic E-state index is 0.787. The Morgan fingerprint density at radius 1 is 1.07 bits per heavy atom. The Kier molecular flexibility index (Phi) is 3.13. The van der Waals surface area contributed by atoms with Crippen LogP contribution in [0.15, 0.2) is 46.9 Å². The lowest BCUT2D eigenvalue weighted by molar-refractivity contribution is 1.45. The topological polar surface area (TPSA) is 0 Å². The van der Waals surface area contributed by atoms with Gasteiger partial charge in [-0.2, -0.15) is 0 Å². The van der Waals surface area contributed by atoms with Gasteiger partial charge in [0.1, 0.15) is 0 Å². The van der Waals surface area contributed by atoms with E-state index >= 15 is 0 Å². The average Bonchev–Trinajstić information content (AvgIpc) is 2.16. The Balaban J connectivity index is 2.59. The zero-order chi connectivity index (χ0) is 10.8. The summed E-state index contributed by atoms with van der Waals surface area (Å²) in [6.07, 6.45) is 0. The molecule has 0 fully saturated rings. The lowest BCUT2D eigenvalue weighted by atomic mass is 10.0. The molecular weight excluding hydrogens is 272 g/mol. The Hall–Kier alpha value is -0.790. The first kappa shape index (κ1) is 10.7. The number of halogens is 2. The maximum absolute atomic E-state index is 6.15. The molecule has 2 rings (SSSR count). The molecule has 0 amide bonds. The van der Waals surface area contributed by atoms with Crippen LogP contribution < -0.4 is 0 Å². The number of hydrogen-bond donors (Lipinski definition) is 0. The van der Waals surface area contributed by atoms with Gasteiger partial charge in [-0.3, -0.25) is 0 Å². The van der Waals surface area contributed by atoms with Gasteiger partial charge in [-0.05, 0) is 36.2 Å². The second-order valence-corrected chi connectivity index (χ2v) is 4.82. The van der Waals surface area contributed by atoms with E-state index in [0.717, 1.165) is 20.6 Å². The van der Waals surface area contributed by atoms with Crippen molar-refractivity contribution in [2.45, 2.75) is 6.92 Å². The molecule has 2 aromatic rings. The molecule has 0 saturated heterocycles. The minimum absolute atomic E-state index is 0.787. The molecule has 2 heteroatoms. The van der Waals surface area contributed by atoms with Crippen molar-refractivity contribution in [3.8, 4) is 11.1 Å². The Morgan fingerprint density at radius 2 is 1.80 bits per heavy atom. The van der Waals surface area contributed by atoms with Crippen LogP contribution in [0.3, 0.4) is 0 Å². The van der Waals surface area contributed by atoms with Gasteiger partial charge in [0.05, 0.1) is 0 Å². The van der Waals surface area contributed by atoms with Gasteiger partial charge < -0.3 is 0 Å². The van der Waals surface area contributed by atoms with Crippen LogP contribution in [0.1, 0.15) is 5.56 Å². The highest BCUT2D eigenvalue weighted by Gasteiger charge is 2.03. The van der Waals surface area contributed by atoms with E-state index in [1.807, 2.05) is 24.3 Å². The first-order valence-electron chi connectivity index (χ1n) is 4.69. The Morgan fingerprint density at radius 3 is 2.47 bits per heavy atom. The van der Waals surface area contributed by atoms with E-state index in [0.29, 0.717) is 0 Å². The van der Waals surface area contributed by atoms with Gasteiger partial charge in [-0.1, -0.05) is 51.8 Å². The molecule has 0 aromatic heterocycles. The van der Waals surface area contributed by atoms with Crippen molar-refractivity contribution in [3.63, 3.8) is 0 Å². The van der Waals surface area contributed by atoms with Gasteiger partial charge in [-0.15, -0.1) is 0 Å². The summed E-state index contributed by atoms with van der Waals surface area (Å²) >= 11 is 9.64. The molecule has 0 N–H and O–H groups in total. The number of aryl methyl sites for hydroxylation is 1. The predicted octanol–water partition coefficient (Wildman–Crippen LogP) is 5.08. The van der Waals surface area contributed by atoms with Crippen LogP contribution in [0.5, 0.6) is 0 Å². The van der Waals surface area contributed by atoms with Gasteiger partial charge in [0.2, 0.25) is 0 Å². The van der Waals surface area contributed by atoms with Gasteiger partial charge in [-0.25, -0.2) is 0 Å². The average molecular weight is 282 g/mol. The molecule has 0 spiro atoms. The summed E-state index contributed by atoms with van der Waals surface area (Å²) in [5.74, 6) is 0. The summed E-state index contributed by atoms with van der Waals surface area (Å²) in [6.45, 7) is 2.07. The highest BCUT2D eigenvalue weighted by molar-refractivity contribution is 9.10. The predicted molar refractivity (Wildman–Crippen MR) is 69.3 cm³/mol. The quantitative estimate of drug-likeness (QED) is 0.684. The van der Waals surface area contributed by atoms with E-state index in [2.05, 4.69) is 41.1 Å². The molecule has 0 aliphatic heterocycles. The van der Waals surface area contributed by atoms with Crippen LogP contribution in [0.2, 0.25) is 5.02 Å². The third-order valence-electron chi connectivity index (χ3n) is 2.23. The zero-order valence-corrected chi connectivity index (χ0v) is 10.6. The summed E-state index contributed by atoms with van der Waals surface area (Å²) in [7, 11) is 0. The molecule has 0 aliphatic carbocycles. The smallest absolute Gasteiger partial charge is 0.0484 e. The van der Waals surface area contributed by atoms with Crippen LogP contribution in [0.4, 0.5) is 0 Å². The first-order chi connectivity index (χ1) is 7.16. The lowest BCUT2D eigenvalue weighted by Gasteiger charge is -2.06. The van der Waals surface area contributed by atoms with Gasteiger partial charge in [0, 0.05) is 15.1 Å². The molecule has 0 atom stereocenters. The fourth-order valence-corrected chi connectivity index (χ4v) is 2.44. The number of hydrogen-bond acceptors (Lipinski definition) is 0. The summed E-state index contributed by atoms with van der Waals surface area (Å²) in [5.41, 5.74) is 3.44. The van der Waals surface area contributed by atoms with Crippen molar-refractivity contribution in [2.75, 3.05) is 0 Å². The van der Waals surface area contributed by atoms with Gasteiger partial charge >= 0.3 is 0 Å². The molecule has 76 valence electrons. The summed E-state index contributed by atoms with van der Waals surface area (Å²) in [4.78, 5) is 0. The monoisotopic (exact) mass is 280 g/mol. The van der Waals surface area contributed by atoms with Crippen LogP contribution in [0.25, 0.3) is 11.1 Å². The molecule has 2 aromatic carbocycles. The number of benzene rings is 2. The highest BCUT2D eigenvalue weighted by atomic mass is 79.9. The van der Waals surface area contributed by atoms with Gasteiger partial charge in [0.15, 0.2) is 0 Å². The van der Waals surface area contributed by atoms with Crippen LogP contribution in [0, 0.1) is 6.92 Å². The molecule has 0 bridgehead atoms. The Bertz CT molecular complexity index is 471. The maximum Gasteiger partial charge on any atom is 0.0484 e. The van der Waals surface area contributed by atoms with E-state index in [1.54, 1.807) is 0 Å². The fourth-order valence-electron chi connectivity index (χ4n) is 1.59. The molecule has 0 nitrogen and oxygen atoms in total. The van der Waals surface area contributed by atoms with Crippen LogP contribution in [-0.4, -0.2) is 0 Å². The Labute approximate surface area is 103 Å². The normalized spacial score (nSPS) is 10.3. The van der Waals surface area contributed by atoms with Crippen molar-refractivity contribution < 1.29 is 0 Å². The molecule has 0 radical (unpaired) electrons. The van der Waals surface area contributed by atoms with E-state index < -0.39 is 0 Å². The second-order valence-electron chi connectivity index (χ2n) is 3.50. The molecule has 0 unspecified atom stereocenters. The molecule has 15 heavy (non-hydrogen) atoms. The number of rotatable bonds is 1.